The molecule has 4 aromatic rings. The molecule has 2 atom stereocenters. The van der Waals surface area contributed by atoms with E-state index in [-0.39, 0.29) is 23.4 Å². The molecule has 52 heavy (non-hydrogen) atoms. The minimum absolute atomic E-state index is 0.178. The molecule has 1 unspecified atom stereocenters. The minimum Gasteiger partial charge on any atom is -0.598 e. The van der Waals surface area contributed by atoms with Crippen molar-refractivity contribution >= 4 is 36.0 Å². The van der Waals surface area contributed by atoms with Crippen molar-refractivity contribution in [3.05, 3.63) is 113 Å². The van der Waals surface area contributed by atoms with Crippen LogP contribution < -0.4 is 10.4 Å². The van der Waals surface area contributed by atoms with Gasteiger partial charge in [-0.15, -0.1) is 4.31 Å². The zero-order chi connectivity index (χ0) is 37.3. The van der Waals surface area contributed by atoms with Crippen molar-refractivity contribution in [2.24, 2.45) is 0 Å². The molecule has 0 fully saturated rings. The number of ether oxygens (including phenoxy) is 1. The number of pyridine rings is 1. The molecular formula is C43H53N3O4SSi. The lowest BCUT2D eigenvalue weighted by Crippen LogP contribution is -2.66. The lowest BCUT2D eigenvalue weighted by molar-refractivity contribution is 0.0519. The number of benzene rings is 3. The summed E-state index contributed by atoms with van der Waals surface area (Å²) < 4.78 is 29.0. The molecule has 7 nitrogen and oxygen atoms in total. The second-order valence-corrected chi connectivity index (χ2v) is 20.4. The van der Waals surface area contributed by atoms with E-state index in [1.807, 2.05) is 49.3 Å². The van der Waals surface area contributed by atoms with Gasteiger partial charge in [0.2, 0.25) is 0 Å². The Morgan fingerprint density at radius 3 is 2.27 bits per heavy atom. The average molecular weight is 736 g/mol. The summed E-state index contributed by atoms with van der Waals surface area (Å²) in [5.41, 5.74) is 4.60. The van der Waals surface area contributed by atoms with E-state index in [1.165, 1.54) is 10.4 Å². The molecule has 9 heteroatoms. The Balaban J connectivity index is 1.61. The summed E-state index contributed by atoms with van der Waals surface area (Å²) in [5.74, 6) is 6.62. The van der Waals surface area contributed by atoms with E-state index < -0.39 is 25.6 Å². The molecule has 1 aliphatic heterocycles. The van der Waals surface area contributed by atoms with Crippen LogP contribution in [0.25, 0.3) is 11.3 Å². The SMILES string of the molecule is CCCC[S+]([O-])N1Cc2cc(C(=O)OCC)nc(-c3cccc(C#CCN(C)C)c3)c2[C@H]1CCO[Si](c1ccccc1)(c1ccccc1)C(C)(C)C. The summed E-state index contributed by atoms with van der Waals surface area (Å²) in [7, 11) is 1.17. The van der Waals surface area contributed by atoms with Gasteiger partial charge in [-0.1, -0.05) is 119 Å². The van der Waals surface area contributed by atoms with Gasteiger partial charge in [-0.25, -0.2) is 9.78 Å². The Hall–Kier alpha value is -3.75. The molecule has 0 saturated heterocycles. The highest BCUT2D eigenvalue weighted by molar-refractivity contribution is 7.89. The summed E-state index contributed by atoms with van der Waals surface area (Å²) in [6.45, 7) is 12.5. The largest absolute Gasteiger partial charge is 0.598 e. The molecule has 5 rings (SSSR count). The van der Waals surface area contributed by atoms with E-state index in [0.29, 0.717) is 37.6 Å². The monoisotopic (exact) mass is 735 g/mol. The Labute approximate surface area is 315 Å². The zero-order valence-electron chi connectivity index (χ0n) is 31.8. The number of carbonyl (C=O) groups excluding carboxylic acids is 1. The molecule has 0 saturated carbocycles. The Kier molecular flexibility index (Phi) is 13.5. The summed E-state index contributed by atoms with van der Waals surface area (Å²) in [6.07, 6.45) is 2.42. The fourth-order valence-electron chi connectivity index (χ4n) is 7.08. The third kappa shape index (κ3) is 8.88. The van der Waals surface area contributed by atoms with E-state index in [4.69, 9.17) is 14.1 Å². The first kappa shape index (κ1) is 39.5. The van der Waals surface area contributed by atoms with Gasteiger partial charge < -0.3 is 13.7 Å². The Morgan fingerprint density at radius 2 is 1.67 bits per heavy atom. The first-order valence-corrected chi connectivity index (χ1v) is 21.5. The van der Waals surface area contributed by atoms with E-state index in [2.05, 4.69) is 105 Å². The van der Waals surface area contributed by atoms with Crippen LogP contribution in [0.1, 0.15) is 87.1 Å². The smallest absolute Gasteiger partial charge is 0.356 e. The molecular weight excluding hydrogens is 683 g/mol. The Morgan fingerprint density at radius 1 is 1.00 bits per heavy atom. The van der Waals surface area contributed by atoms with Crippen molar-refractivity contribution in [2.75, 3.05) is 39.6 Å². The van der Waals surface area contributed by atoms with Gasteiger partial charge in [-0.2, -0.15) is 0 Å². The van der Waals surface area contributed by atoms with Crippen LogP contribution in [-0.2, 0) is 27.1 Å². The van der Waals surface area contributed by atoms with Crippen molar-refractivity contribution in [3.63, 3.8) is 0 Å². The number of nitrogens with zero attached hydrogens (tertiary/aromatic N) is 3. The maximum Gasteiger partial charge on any atom is 0.356 e. The van der Waals surface area contributed by atoms with Gasteiger partial charge in [0, 0.05) is 34.7 Å². The number of carbonyl (C=O) groups is 1. The summed E-state index contributed by atoms with van der Waals surface area (Å²) in [6, 6.07) is 30.9. The van der Waals surface area contributed by atoms with Gasteiger partial charge >= 0.3 is 5.97 Å². The maximum absolute atomic E-state index is 14.1. The van der Waals surface area contributed by atoms with Crippen molar-refractivity contribution in [2.45, 2.75) is 71.5 Å². The van der Waals surface area contributed by atoms with Crippen LogP contribution >= 0.6 is 0 Å². The molecule has 3 aromatic carbocycles. The lowest BCUT2D eigenvalue weighted by Gasteiger charge is -2.43. The van der Waals surface area contributed by atoms with E-state index >= 15 is 0 Å². The first-order valence-electron chi connectivity index (χ1n) is 18.3. The molecule has 0 bridgehead atoms. The molecule has 1 aromatic heterocycles. The highest BCUT2D eigenvalue weighted by Crippen LogP contribution is 2.44. The number of rotatable bonds is 14. The molecule has 0 spiro atoms. The zero-order valence-corrected chi connectivity index (χ0v) is 33.6. The highest BCUT2D eigenvalue weighted by atomic mass is 32.2. The number of unbranched alkanes of at least 4 members (excludes halogenated alkanes) is 1. The van der Waals surface area contributed by atoms with Crippen LogP contribution in [0.4, 0.5) is 0 Å². The van der Waals surface area contributed by atoms with Crippen LogP contribution in [0.15, 0.2) is 91.0 Å². The third-order valence-corrected chi connectivity index (χ3v) is 16.0. The van der Waals surface area contributed by atoms with E-state index in [1.54, 1.807) is 6.92 Å². The molecule has 274 valence electrons. The summed E-state index contributed by atoms with van der Waals surface area (Å²) >= 11 is -1.25. The maximum atomic E-state index is 14.1. The minimum atomic E-state index is -2.81. The molecule has 0 amide bonds. The first-order chi connectivity index (χ1) is 25.0. The highest BCUT2D eigenvalue weighted by Gasteiger charge is 2.50. The van der Waals surface area contributed by atoms with Gasteiger partial charge in [0.15, 0.2) is 0 Å². The summed E-state index contributed by atoms with van der Waals surface area (Å²) in [4.78, 5) is 20.2. The molecule has 0 radical (unpaired) electrons. The van der Waals surface area contributed by atoms with E-state index in [0.717, 1.165) is 35.1 Å². The third-order valence-electron chi connectivity index (χ3n) is 9.46. The topological polar surface area (TPSA) is 78.0 Å². The van der Waals surface area contributed by atoms with Crippen LogP contribution in [0.5, 0.6) is 0 Å². The fraction of sp³-hybridized carbons (Fsp3) is 0.395. The van der Waals surface area contributed by atoms with Crippen LogP contribution in [0.2, 0.25) is 5.04 Å². The summed E-state index contributed by atoms with van der Waals surface area (Å²) in [5, 5.41) is 2.26. The van der Waals surface area contributed by atoms with Crippen LogP contribution in [0.3, 0.4) is 0 Å². The second kappa shape index (κ2) is 17.8. The van der Waals surface area contributed by atoms with Crippen molar-refractivity contribution < 1.29 is 18.5 Å². The van der Waals surface area contributed by atoms with Crippen molar-refractivity contribution in [1.29, 1.82) is 0 Å². The van der Waals surface area contributed by atoms with Crippen LogP contribution in [0, 0.1) is 11.8 Å². The number of hydrogen-bond acceptors (Lipinski definition) is 7. The van der Waals surface area contributed by atoms with Crippen LogP contribution in [-0.4, -0.2) is 72.6 Å². The number of fused-ring (bicyclic) bond motifs is 1. The quantitative estimate of drug-likeness (QED) is 0.0591. The second-order valence-electron chi connectivity index (χ2n) is 14.5. The van der Waals surface area contributed by atoms with Gasteiger partial charge in [-0.05, 0) is 73.0 Å². The number of aromatic nitrogens is 1. The molecule has 2 heterocycles. The lowest BCUT2D eigenvalue weighted by atomic mass is 9.95. The molecule has 0 aliphatic carbocycles. The fourth-order valence-corrected chi connectivity index (χ4v) is 13.2. The number of hydrogen-bond donors (Lipinski definition) is 0. The van der Waals surface area contributed by atoms with Gasteiger partial charge in [-0.3, -0.25) is 4.90 Å². The van der Waals surface area contributed by atoms with Crippen molar-refractivity contribution in [1.82, 2.24) is 14.2 Å². The standard InChI is InChI=1S/C43H53N3O4SSi/c1-8-10-29-51(48)46-32-35-31-38(42(47)49-9-2)44-41(34-21-17-19-33(30-34)20-18-27-45(6)7)40(35)39(46)26-28-50-52(43(3,4)5,36-22-13-11-14-23-36)37-24-15-12-16-25-37/h11-17,19,21-25,30-31,39H,8-10,26-29,32H2,1-7H3/t39-,51?/m1/s1. The van der Waals surface area contributed by atoms with E-state index in [9.17, 15) is 9.35 Å². The molecule has 1 aliphatic rings. The predicted octanol–water partition coefficient (Wildman–Crippen LogP) is 7.13. The normalized spacial score (nSPS) is 15.2. The van der Waals surface area contributed by atoms with Gasteiger partial charge in [0.05, 0.1) is 31.4 Å². The van der Waals surface area contributed by atoms with Gasteiger partial charge in [0.1, 0.15) is 11.4 Å². The predicted molar refractivity (Wildman–Crippen MR) is 215 cm³/mol. The van der Waals surface area contributed by atoms with Crippen molar-refractivity contribution in [3.8, 4) is 23.1 Å². The van der Waals surface area contributed by atoms with Gasteiger partial charge in [0.25, 0.3) is 8.32 Å². The number of esters is 1. The molecule has 0 N–H and O–H groups in total. The Bertz CT molecular complexity index is 1810. The average Bonchev–Trinajstić information content (AvgIpc) is 3.50.